The van der Waals surface area contributed by atoms with Crippen molar-refractivity contribution in [1.29, 1.82) is 0 Å². The van der Waals surface area contributed by atoms with Gasteiger partial charge in [0.2, 0.25) is 5.91 Å². The topological polar surface area (TPSA) is 75.1 Å². The fraction of sp³-hybridized carbons (Fsp3) is 0.400. The molecule has 3 heterocycles. The van der Waals surface area contributed by atoms with Crippen molar-refractivity contribution in [3.63, 3.8) is 0 Å². The third-order valence-electron chi connectivity index (χ3n) is 3.78. The van der Waals surface area contributed by atoms with Crippen LogP contribution < -0.4 is 15.5 Å². The number of pyridine rings is 1. The maximum Gasteiger partial charge on any atom is 0.250 e. The van der Waals surface area contributed by atoms with E-state index in [1.54, 1.807) is 36.3 Å². The lowest BCUT2D eigenvalue weighted by molar-refractivity contribution is -0.119. The third-order valence-corrected chi connectivity index (χ3v) is 3.78. The zero-order chi connectivity index (χ0) is 15.4. The summed E-state index contributed by atoms with van der Waals surface area (Å²) in [4.78, 5) is 18.8. The standard InChI is InChI=1S/C15H20N6O/c1-12(21-8-2-5-18-21)15(22)19-14-4-3-13(11-17-14)20-9-6-16-7-10-20/h2-5,8,11-12,16H,6-7,9-10H2,1H3,(H,17,19,22). The normalized spacial score (nSPS) is 16.3. The van der Waals surface area contributed by atoms with Crippen molar-refractivity contribution in [1.82, 2.24) is 20.1 Å². The smallest absolute Gasteiger partial charge is 0.250 e. The number of anilines is 2. The summed E-state index contributed by atoms with van der Waals surface area (Å²) in [6, 6.07) is 5.26. The van der Waals surface area contributed by atoms with Gasteiger partial charge in [-0.25, -0.2) is 4.98 Å². The van der Waals surface area contributed by atoms with E-state index in [9.17, 15) is 4.79 Å². The van der Waals surface area contributed by atoms with Crippen LogP contribution in [-0.4, -0.2) is 46.9 Å². The molecular weight excluding hydrogens is 280 g/mol. The quantitative estimate of drug-likeness (QED) is 0.877. The molecule has 1 aliphatic heterocycles. The molecule has 1 amide bonds. The van der Waals surface area contributed by atoms with E-state index < -0.39 is 0 Å². The molecule has 22 heavy (non-hydrogen) atoms. The fourth-order valence-corrected chi connectivity index (χ4v) is 2.43. The van der Waals surface area contributed by atoms with Gasteiger partial charge in [0, 0.05) is 38.6 Å². The van der Waals surface area contributed by atoms with Crippen LogP contribution in [0.4, 0.5) is 11.5 Å². The van der Waals surface area contributed by atoms with E-state index in [2.05, 4.69) is 25.6 Å². The lowest BCUT2D eigenvalue weighted by Gasteiger charge is -2.29. The summed E-state index contributed by atoms with van der Waals surface area (Å²) in [5.41, 5.74) is 1.08. The van der Waals surface area contributed by atoms with Crippen LogP contribution in [0, 0.1) is 0 Å². The zero-order valence-corrected chi connectivity index (χ0v) is 12.6. The van der Waals surface area contributed by atoms with Gasteiger partial charge in [-0.05, 0) is 25.1 Å². The van der Waals surface area contributed by atoms with Crippen molar-refractivity contribution < 1.29 is 4.79 Å². The molecule has 116 valence electrons. The maximum atomic E-state index is 12.2. The molecule has 1 saturated heterocycles. The summed E-state index contributed by atoms with van der Waals surface area (Å²) in [5.74, 6) is 0.425. The molecular formula is C15H20N6O. The van der Waals surface area contributed by atoms with Gasteiger partial charge in [0.15, 0.2) is 0 Å². The van der Waals surface area contributed by atoms with Gasteiger partial charge < -0.3 is 15.5 Å². The molecule has 2 N–H and O–H groups in total. The summed E-state index contributed by atoms with van der Waals surface area (Å²) < 4.78 is 1.62. The molecule has 0 bridgehead atoms. The number of nitrogens with zero attached hydrogens (tertiary/aromatic N) is 4. The van der Waals surface area contributed by atoms with Gasteiger partial charge in [-0.3, -0.25) is 9.48 Å². The minimum absolute atomic E-state index is 0.133. The lowest BCUT2D eigenvalue weighted by atomic mass is 10.3. The highest BCUT2D eigenvalue weighted by Gasteiger charge is 2.16. The molecule has 7 heteroatoms. The van der Waals surface area contributed by atoms with Crippen molar-refractivity contribution in [2.24, 2.45) is 0 Å². The molecule has 1 atom stereocenters. The van der Waals surface area contributed by atoms with E-state index in [0.29, 0.717) is 5.82 Å². The van der Waals surface area contributed by atoms with Crippen LogP contribution in [0.3, 0.4) is 0 Å². The number of amides is 1. The number of piperazine rings is 1. The SMILES string of the molecule is CC(C(=O)Nc1ccc(N2CCNCC2)cn1)n1cccn1. The van der Waals surface area contributed by atoms with E-state index in [1.165, 1.54) is 0 Å². The van der Waals surface area contributed by atoms with E-state index in [-0.39, 0.29) is 11.9 Å². The monoisotopic (exact) mass is 300 g/mol. The molecule has 2 aromatic rings. The number of carbonyl (C=O) groups excluding carboxylic acids is 1. The van der Waals surface area contributed by atoms with Crippen LogP contribution in [0.1, 0.15) is 13.0 Å². The van der Waals surface area contributed by atoms with Crippen LogP contribution >= 0.6 is 0 Å². The van der Waals surface area contributed by atoms with Gasteiger partial charge in [-0.15, -0.1) is 0 Å². The number of rotatable bonds is 4. The van der Waals surface area contributed by atoms with Crippen LogP contribution in [0.2, 0.25) is 0 Å². The van der Waals surface area contributed by atoms with E-state index in [1.807, 2.05) is 12.1 Å². The Morgan fingerprint density at radius 1 is 1.36 bits per heavy atom. The second-order valence-electron chi connectivity index (χ2n) is 5.29. The summed E-state index contributed by atoms with van der Waals surface area (Å²) in [7, 11) is 0. The molecule has 0 saturated carbocycles. The van der Waals surface area contributed by atoms with E-state index >= 15 is 0 Å². The summed E-state index contributed by atoms with van der Waals surface area (Å²) >= 11 is 0. The minimum atomic E-state index is -0.371. The maximum absolute atomic E-state index is 12.2. The highest BCUT2D eigenvalue weighted by molar-refractivity contribution is 5.92. The largest absolute Gasteiger partial charge is 0.368 e. The minimum Gasteiger partial charge on any atom is -0.368 e. The van der Waals surface area contributed by atoms with Crippen LogP contribution in [0.5, 0.6) is 0 Å². The first-order valence-corrected chi connectivity index (χ1v) is 7.46. The number of hydrogen-bond acceptors (Lipinski definition) is 5. The second kappa shape index (κ2) is 6.57. The van der Waals surface area contributed by atoms with Crippen molar-refractivity contribution >= 4 is 17.4 Å². The Morgan fingerprint density at radius 3 is 2.82 bits per heavy atom. The number of aromatic nitrogens is 3. The second-order valence-corrected chi connectivity index (χ2v) is 5.29. The first-order chi connectivity index (χ1) is 10.7. The van der Waals surface area contributed by atoms with E-state index in [0.717, 1.165) is 31.9 Å². The molecule has 1 aliphatic rings. The third kappa shape index (κ3) is 3.25. The first-order valence-electron chi connectivity index (χ1n) is 7.46. The average Bonchev–Trinajstić information content (AvgIpc) is 3.10. The molecule has 0 aliphatic carbocycles. The highest BCUT2D eigenvalue weighted by atomic mass is 16.2. The summed E-state index contributed by atoms with van der Waals surface area (Å²) in [6.07, 6.45) is 5.23. The first kappa shape index (κ1) is 14.5. The molecule has 7 nitrogen and oxygen atoms in total. The summed E-state index contributed by atoms with van der Waals surface area (Å²) in [6.45, 7) is 5.73. The van der Waals surface area contributed by atoms with Gasteiger partial charge in [-0.1, -0.05) is 0 Å². The van der Waals surface area contributed by atoms with Gasteiger partial charge >= 0.3 is 0 Å². The molecule has 3 rings (SSSR count). The molecule has 0 aromatic carbocycles. The molecule has 0 spiro atoms. The molecule has 2 aromatic heterocycles. The molecule has 1 fully saturated rings. The van der Waals surface area contributed by atoms with Crippen LogP contribution in [-0.2, 0) is 4.79 Å². The predicted octanol–water partition coefficient (Wildman–Crippen LogP) is 0.887. The number of nitrogens with one attached hydrogen (secondary N) is 2. The Kier molecular flexibility index (Phi) is 4.34. The Labute approximate surface area is 129 Å². The van der Waals surface area contributed by atoms with Crippen molar-refractivity contribution in [3.8, 4) is 0 Å². The fourth-order valence-electron chi connectivity index (χ4n) is 2.43. The number of carbonyl (C=O) groups is 1. The summed E-state index contributed by atoms with van der Waals surface area (Å²) in [5, 5.41) is 10.2. The van der Waals surface area contributed by atoms with Crippen molar-refractivity contribution in [3.05, 3.63) is 36.8 Å². The molecule has 0 radical (unpaired) electrons. The van der Waals surface area contributed by atoms with Gasteiger partial charge in [0.1, 0.15) is 11.9 Å². The van der Waals surface area contributed by atoms with Gasteiger partial charge in [0.05, 0.1) is 11.9 Å². The zero-order valence-electron chi connectivity index (χ0n) is 12.6. The number of hydrogen-bond donors (Lipinski definition) is 2. The Hall–Kier alpha value is -2.41. The van der Waals surface area contributed by atoms with Crippen LogP contribution in [0.15, 0.2) is 36.8 Å². The van der Waals surface area contributed by atoms with Gasteiger partial charge in [0.25, 0.3) is 0 Å². The molecule has 1 unspecified atom stereocenters. The van der Waals surface area contributed by atoms with Crippen LogP contribution in [0.25, 0.3) is 0 Å². The Bertz CT molecular complexity index is 603. The van der Waals surface area contributed by atoms with Gasteiger partial charge in [-0.2, -0.15) is 5.10 Å². The average molecular weight is 300 g/mol. The van der Waals surface area contributed by atoms with E-state index in [4.69, 9.17) is 0 Å². The Balaban J connectivity index is 1.62. The Morgan fingerprint density at radius 2 is 2.18 bits per heavy atom. The lowest BCUT2D eigenvalue weighted by Crippen LogP contribution is -2.43. The van der Waals surface area contributed by atoms with Crippen molar-refractivity contribution in [2.75, 3.05) is 36.4 Å². The predicted molar refractivity (Wildman–Crippen MR) is 84.9 cm³/mol. The van der Waals surface area contributed by atoms with Crippen molar-refractivity contribution in [2.45, 2.75) is 13.0 Å². The highest BCUT2D eigenvalue weighted by Crippen LogP contribution is 2.16.